The molecular formula is C38H60N6O7. The van der Waals surface area contributed by atoms with Gasteiger partial charge >= 0.3 is 12.1 Å². The Morgan fingerprint density at radius 1 is 1.00 bits per heavy atom. The van der Waals surface area contributed by atoms with Crippen molar-refractivity contribution in [2.75, 3.05) is 19.7 Å². The number of carbonyl (C=O) groups is 6. The minimum Gasteiger partial charge on any atom is -0.447 e. The van der Waals surface area contributed by atoms with Crippen molar-refractivity contribution < 1.29 is 33.5 Å². The van der Waals surface area contributed by atoms with Gasteiger partial charge < -0.3 is 36.2 Å². The Morgan fingerprint density at radius 2 is 1.65 bits per heavy atom. The van der Waals surface area contributed by atoms with Gasteiger partial charge in [-0.15, -0.1) is 18.9 Å². The summed E-state index contributed by atoms with van der Waals surface area (Å²) in [5.74, 6) is -0.255. The Bertz CT molecular complexity index is 1370. The predicted molar refractivity (Wildman–Crippen MR) is 194 cm³/mol. The van der Waals surface area contributed by atoms with E-state index < -0.39 is 64.7 Å². The lowest BCUT2D eigenvalue weighted by atomic mass is 9.70. The van der Waals surface area contributed by atoms with Gasteiger partial charge in [-0.2, -0.15) is 0 Å². The topological polar surface area (TPSA) is 175 Å². The van der Waals surface area contributed by atoms with Crippen LogP contribution in [0, 0.1) is 40.4 Å². The molecule has 3 fully saturated rings. The molecule has 0 spiro atoms. The first-order valence-electron chi connectivity index (χ1n) is 18.3. The number of likely N-dealkylation sites (tertiary alicyclic amines) is 1. The molecular weight excluding hydrogens is 652 g/mol. The molecule has 51 heavy (non-hydrogen) atoms. The summed E-state index contributed by atoms with van der Waals surface area (Å²) < 4.78 is 5.42. The van der Waals surface area contributed by atoms with Gasteiger partial charge in [0.2, 0.25) is 17.6 Å². The van der Waals surface area contributed by atoms with E-state index in [-0.39, 0.29) is 55.2 Å². The number of piperidine rings is 1. The number of urea groups is 1. The van der Waals surface area contributed by atoms with Crippen molar-refractivity contribution in [3.63, 3.8) is 0 Å². The van der Waals surface area contributed by atoms with E-state index >= 15 is 0 Å². The van der Waals surface area contributed by atoms with Crippen molar-refractivity contribution >= 4 is 35.6 Å². The Hall–Kier alpha value is -4.08. The van der Waals surface area contributed by atoms with E-state index in [0.29, 0.717) is 19.4 Å². The largest absolute Gasteiger partial charge is 0.447 e. The monoisotopic (exact) mass is 712 g/mol. The number of Topliss-reactive ketones (excluding diaryl/α,β-unsaturated/α-hetero) is 1. The number of hydrogen-bond donors (Lipinski definition) is 5. The van der Waals surface area contributed by atoms with Gasteiger partial charge in [0.15, 0.2) is 0 Å². The van der Waals surface area contributed by atoms with Crippen molar-refractivity contribution in [1.82, 2.24) is 31.5 Å². The van der Waals surface area contributed by atoms with Crippen LogP contribution < -0.4 is 26.6 Å². The van der Waals surface area contributed by atoms with Crippen LogP contribution in [0.4, 0.5) is 9.59 Å². The maximum Gasteiger partial charge on any atom is 0.407 e. The summed E-state index contributed by atoms with van der Waals surface area (Å²) >= 11 is 0. The van der Waals surface area contributed by atoms with Gasteiger partial charge in [-0.3, -0.25) is 19.2 Å². The van der Waals surface area contributed by atoms with Crippen LogP contribution in [0.3, 0.4) is 0 Å². The van der Waals surface area contributed by atoms with Crippen LogP contribution in [-0.4, -0.2) is 90.4 Å². The van der Waals surface area contributed by atoms with Crippen LogP contribution in [0.2, 0.25) is 0 Å². The van der Waals surface area contributed by atoms with Crippen LogP contribution in [0.25, 0.3) is 0 Å². The summed E-state index contributed by atoms with van der Waals surface area (Å²) in [5, 5.41) is 13.8. The van der Waals surface area contributed by atoms with Crippen molar-refractivity contribution in [1.29, 1.82) is 0 Å². The van der Waals surface area contributed by atoms with E-state index in [4.69, 9.17) is 11.2 Å². The molecule has 0 aromatic rings. The number of nitrogens with one attached hydrogen (secondary N) is 5. The molecule has 0 aromatic heterocycles. The molecule has 6 atom stereocenters. The molecule has 1 unspecified atom stereocenters. The van der Waals surface area contributed by atoms with Gasteiger partial charge in [0.25, 0.3) is 5.91 Å². The molecule has 3 rings (SSSR count). The SMILES string of the molecule is C#CCCC(NC(=O)[C@@H]1[C@@H]2[C@H](CN1C(=O)[C@@H](NC(=O)N[C@H](COC(=O)NC(C)C)C(C)(C)C)C1(C)CCCCC1)C2(C)C)C(=O)C(=O)NCC=C. The fraction of sp³-hybridized carbons (Fsp3) is 0.737. The molecule has 1 aliphatic heterocycles. The second-order valence-electron chi connectivity index (χ2n) is 16.6. The third-order valence-electron chi connectivity index (χ3n) is 11.0. The molecule has 1 saturated heterocycles. The normalized spacial score (nSPS) is 23.3. The van der Waals surface area contributed by atoms with Gasteiger partial charge in [-0.05, 0) is 61.2 Å². The number of hydrogen-bond acceptors (Lipinski definition) is 7. The standard InChI is InChI=1S/C38H60N6O7/c1-11-13-17-25(29(45)32(47)39-20-12-2)41-31(46)28-27-24(37(27,8)9)21-44(28)33(48)30(38(10)18-15-14-16-19-38)43-34(49)42-26(36(5,6)7)22-51-35(50)40-23(3)4/h1,12,23-28,30H,2,13-22H2,3-10H3,(H,39,47)(H,40,50)(H,41,46)(H2,42,43,49)/t24-,25?,26+,27-,28-,30+/m0/s1. The van der Waals surface area contributed by atoms with Crippen LogP contribution in [0.5, 0.6) is 0 Å². The molecule has 13 heteroatoms. The lowest BCUT2D eigenvalue weighted by molar-refractivity contribution is -0.146. The molecule has 6 amide bonds. The highest BCUT2D eigenvalue weighted by Crippen LogP contribution is 2.65. The molecule has 0 bridgehead atoms. The second-order valence-corrected chi connectivity index (χ2v) is 16.6. The van der Waals surface area contributed by atoms with Gasteiger partial charge in [0, 0.05) is 25.6 Å². The van der Waals surface area contributed by atoms with Crippen molar-refractivity contribution in [2.24, 2.45) is 28.1 Å². The first-order chi connectivity index (χ1) is 23.8. The van der Waals surface area contributed by atoms with Crippen molar-refractivity contribution in [2.45, 2.75) is 131 Å². The zero-order valence-corrected chi connectivity index (χ0v) is 31.8. The Balaban J connectivity index is 1.88. The zero-order chi connectivity index (χ0) is 38.3. The van der Waals surface area contributed by atoms with Gasteiger partial charge in [0.1, 0.15) is 18.7 Å². The molecule has 13 nitrogen and oxygen atoms in total. The van der Waals surface area contributed by atoms with E-state index in [1.807, 2.05) is 41.5 Å². The molecule has 3 aliphatic rings. The third kappa shape index (κ3) is 10.3. The molecule has 2 aliphatic carbocycles. The van der Waals surface area contributed by atoms with Gasteiger partial charge in [-0.1, -0.05) is 66.9 Å². The summed E-state index contributed by atoms with van der Waals surface area (Å²) in [6.07, 6.45) is 10.7. The first kappa shape index (κ1) is 41.3. The smallest absolute Gasteiger partial charge is 0.407 e. The van der Waals surface area contributed by atoms with E-state index in [0.717, 1.165) is 19.3 Å². The van der Waals surface area contributed by atoms with E-state index in [1.54, 1.807) is 4.90 Å². The highest BCUT2D eigenvalue weighted by atomic mass is 16.5. The number of ketones is 1. The summed E-state index contributed by atoms with van der Waals surface area (Å²) in [7, 11) is 0. The Morgan fingerprint density at radius 3 is 2.22 bits per heavy atom. The number of rotatable bonds is 15. The summed E-state index contributed by atoms with van der Waals surface area (Å²) in [4.78, 5) is 82.1. The van der Waals surface area contributed by atoms with Crippen molar-refractivity contribution in [3.8, 4) is 12.3 Å². The van der Waals surface area contributed by atoms with Crippen LogP contribution >= 0.6 is 0 Å². The van der Waals surface area contributed by atoms with E-state index in [1.165, 1.54) is 6.08 Å². The third-order valence-corrected chi connectivity index (χ3v) is 11.0. The van der Waals surface area contributed by atoms with Gasteiger partial charge in [-0.25, -0.2) is 9.59 Å². The number of fused-ring (bicyclic) bond motifs is 1. The summed E-state index contributed by atoms with van der Waals surface area (Å²) in [5.41, 5.74) is -1.31. The maximum atomic E-state index is 14.8. The van der Waals surface area contributed by atoms with Crippen molar-refractivity contribution in [3.05, 3.63) is 12.7 Å². The molecule has 1 heterocycles. The molecule has 0 aromatic carbocycles. The predicted octanol–water partition coefficient (Wildman–Crippen LogP) is 3.43. The van der Waals surface area contributed by atoms with Crippen LogP contribution in [-0.2, 0) is 23.9 Å². The van der Waals surface area contributed by atoms with E-state index in [9.17, 15) is 28.8 Å². The summed E-state index contributed by atoms with van der Waals surface area (Å²) in [6, 6.07) is -4.32. The van der Waals surface area contributed by atoms with E-state index in [2.05, 4.69) is 52.9 Å². The molecule has 0 radical (unpaired) electrons. The van der Waals surface area contributed by atoms with Gasteiger partial charge in [0.05, 0.1) is 12.1 Å². The quantitative estimate of drug-likeness (QED) is 0.0983. The highest BCUT2D eigenvalue weighted by molar-refractivity contribution is 6.38. The number of terminal acetylenes is 1. The zero-order valence-electron chi connectivity index (χ0n) is 31.8. The minimum absolute atomic E-state index is 0.0426. The number of carbonyl (C=O) groups excluding carboxylic acids is 6. The molecule has 5 N–H and O–H groups in total. The number of amides is 6. The highest BCUT2D eigenvalue weighted by Gasteiger charge is 2.70. The minimum atomic E-state index is -1.18. The lowest BCUT2D eigenvalue weighted by Crippen LogP contribution is -2.63. The maximum absolute atomic E-state index is 14.8. The second kappa shape index (κ2) is 17.0. The molecule has 284 valence electrons. The number of alkyl carbamates (subject to hydrolysis) is 1. The Labute approximate surface area is 303 Å². The lowest BCUT2D eigenvalue weighted by Gasteiger charge is -2.43. The fourth-order valence-electron chi connectivity index (χ4n) is 7.60. The van der Waals surface area contributed by atoms with Crippen LogP contribution in [0.1, 0.15) is 100 Å². The summed E-state index contributed by atoms with van der Waals surface area (Å²) in [6.45, 7) is 19.4. The first-order valence-corrected chi connectivity index (χ1v) is 18.3. The Kier molecular flexibility index (Phi) is 13.7. The fourth-order valence-corrected chi connectivity index (χ4v) is 7.60. The average Bonchev–Trinajstić information content (AvgIpc) is 3.35. The van der Waals surface area contributed by atoms with Crippen LogP contribution in [0.15, 0.2) is 12.7 Å². The number of nitrogens with zero attached hydrogens (tertiary/aromatic N) is 1. The number of ether oxygens (including phenoxy) is 1. The average molecular weight is 713 g/mol. The molecule has 2 saturated carbocycles.